The van der Waals surface area contributed by atoms with Crippen LogP contribution in [0.1, 0.15) is 79.7 Å². The van der Waals surface area contributed by atoms with Crippen molar-refractivity contribution < 1.29 is 23.8 Å². The summed E-state index contributed by atoms with van der Waals surface area (Å²) in [6.07, 6.45) is 4.50. The summed E-state index contributed by atoms with van der Waals surface area (Å²) in [5.41, 5.74) is 1.06. The number of piperidine rings is 2. The molecular formula is C34H49N7O5S. The first-order chi connectivity index (χ1) is 22.1. The maximum absolute atomic E-state index is 12.8. The number of aromatic nitrogens is 4. The number of rotatable bonds is 7. The number of fused-ring (bicyclic) bond motifs is 1. The highest BCUT2D eigenvalue weighted by molar-refractivity contribution is 8.00. The topological polar surface area (TPSA) is 124 Å². The van der Waals surface area contributed by atoms with Gasteiger partial charge in [0, 0.05) is 37.0 Å². The average molecular weight is 668 g/mol. The number of anilines is 1. The van der Waals surface area contributed by atoms with Gasteiger partial charge in [-0.1, -0.05) is 23.9 Å². The van der Waals surface area contributed by atoms with Crippen molar-refractivity contribution in [2.45, 2.75) is 108 Å². The van der Waals surface area contributed by atoms with E-state index in [1.54, 1.807) is 23.8 Å². The largest absolute Gasteiger partial charge is 0.497 e. The first-order valence-electron chi connectivity index (χ1n) is 16.4. The molecule has 1 N–H and O–H groups in total. The van der Waals surface area contributed by atoms with Crippen LogP contribution in [-0.4, -0.2) is 92.1 Å². The number of carbonyl (C=O) groups excluding carboxylic acids is 2. The summed E-state index contributed by atoms with van der Waals surface area (Å²) in [6.45, 7) is 16.5. The van der Waals surface area contributed by atoms with Gasteiger partial charge in [0.15, 0.2) is 5.65 Å². The van der Waals surface area contributed by atoms with Gasteiger partial charge >= 0.3 is 12.2 Å². The molecule has 2 aliphatic rings. The van der Waals surface area contributed by atoms with Crippen LogP contribution in [0, 0.1) is 0 Å². The van der Waals surface area contributed by atoms with E-state index in [4.69, 9.17) is 29.3 Å². The molecule has 3 aromatic rings. The Morgan fingerprint density at radius 3 is 2.34 bits per heavy atom. The highest BCUT2D eigenvalue weighted by Crippen LogP contribution is 2.34. The smallest absolute Gasteiger partial charge is 0.410 e. The molecule has 0 saturated carbocycles. The van der Waals surface area contributed by atoms with E-state index >= 15 is 0 Å². The van der Waals surface area contributed by atoms with Gasteiger partial charge in [-0.05, 0) is 91.8 Å². The standard InChI is InChI=1S/C34H49N7O5S/c1-32(2,3)45-30(42)37-34(7)15-18-39(19-16-34)26-20-35-27-28(36-26)41(21-23-11-13-24(44-8)14-12-23)38-29(27)47-25-10-9-17-40(22-25)31(43)46-33(4,5)6/h11-14,20,25H,9-10,15-19,21-22H2,1-8H3,(H,37,42). The third-order valence-electron chi connectivity index (χ3n) is 8.19. The van der Waals surface area contributed by atoms with Crippen molar-refractivity contribution in [3.05, 3.63) is 36.0 Å². The maximum Gasteiger partial charge on any atom is 0.410 e. The molecule has 2 amide bonds. The van der Waals surface area contributed by atoms with E-state index < -0.39 is 17.3 Å². The van der Waals surface area contributed by atoms with E-state index in [9.17, 15) is 9.59 Å². The molecule has 47 heavy (non-hydrogen) atoms. The van der Waals surface area contributed by atoms with Crippen molar-refractivity contribution in [3.63, 3.8) is 0 Å². The minimum Gasteiger partial charge on any atom is -0.497 e. The fraction of sp³-hybridized carbons (Fsp3) is 0.618. The predicted octanol–water partition coefficient (Wildman–Crippen LogP) is 6.26. The van der Waals surface area contributed by atoms with Crippen LogP contribution >= 0.6 is 11.8 Å². The molecular weight excluding hydrogens is 618 g/mol. The van der Waals surface area contributed by atoms with E-state index in [0.29, 0.717) is 38.4 Å². The number of thioether (sulfide) groups is 1. The summed E-state index contributed by atoms with van der Waals surface area (Å²) in [5, 5.41) is 9.07. The molecule has 0 radical (unpaired) electrons. The number of hydrogen-bond acceptors (Lipinski definition) is 10. The Kier molecular flexibility index (Phi) is 10.1. The minimum atomic E-state index is -0.549. The average Bonchev–Trinajstić information content (AvgIpc) is 3.31. The minimum absolute atomic E-state index is 0.155. The van der Waals surface area contributed by atoms with Crippen LogP contribution in [0.2, 0.25) is 0 Å². The van der Waals surface area contributed by atoms with E-state index in [1.807, 2.05) is 76.7 Å². The number of methoxy groups -OCH3 is 1. The van der Waals surface area contributed by atoms with Gasteiger partial charge < -0.3 is 29.3 Å². The van der Waals surface area contributed by atoms with Crippen molar-refractivity contribution in [1.29, 1.82) is 0 Å². The van der Waals surface area contributed by atoms with Gasteiger partial charge in [0.2, 0.25) is 0 Å². The van der Waals surface area contributed by atoms with Crippen molar-refractivity contribution >= 4 is 40.9 Å². The fourth-order valence-electron chi connectivity index (χ4n) is 5.74. The van der Waals surface area contributed by atoms with E-state index in [2.05, 4.69) is 17.1 Å². The second-order valence-corrected chi connectivity index (χ2v) is 16.0. The summed E-state index contributed by atoms with van der Waals surface area (Å²) in [7, 11) is 1.66. The van der Waals surface area contributed by atoms with Crippen molar-refractivity contribution in [2.24, 2.45) is 0 Å². The molecule has 5 rings (SSSR count). The third kappa shape index (κ3) is 9.21. The zero-order valence-electron chi connectivity index (χ0n) is 29.0. The number of nitrogens with zero attached hydrogens (tertiary/aromatic N) is 6. The summed E-state index contributed by atoms with van der Waals surface area (Å²) in [6, 6.07) is 7.94. The lowest BCUT2D eigenvalue weighted by Crippen LogP contribution is -2.54. The second kappa shape index (κ2) is 13.8. The molecule has 2 saturated heterocycles. The number of hydrogen-bond donors (Lipinski definition) is 1. The van der Waals surface area contributed by atoms with Crippen molar-refractivity contribution in [3.8, 4) is 5.75 Å². The quantitative estimate of drug-likeness (QED) is 0.309. The molecule has 0 aliphatic carbocycles. The van der Waals surface area contributed by atoms with Gasteiger partial charge in [-0.3, -0.25) is 0 Å². The molecule has 4 heterocycles. The Morgan fingerprint density at radius 2 is 1.70 bits per heavy atom. The number of nitrogens with one attached hydrogen (secondary N) is 1. The Bertz CT molecular complexity index is 1560. The third-order valence-corrected chi connectivity index (χ3v) is 9.41. The predicted molar refractivity (Wildman–Crippen MR) is 183 cm³/mol. The van der Waals surface area contributed by atoms with Crippen LogP contribution in [0.4, 0.5) is 15.4 Å². The number of likely N-dealkylation sites (tertiary alicyclic amines) is 1. The van der Waals surface area contributed by atoms with Gasteiger partial charge in [-0.2, -0.15) is 5.10 Å². The molecule has 256 valence electrons. The number of amides is 2. The Balaban J connectivity index is 1.36. The number of carbonyl (C=O) groups is 2. The highest BCUT2D eigenvalue weighted by Gasteiger charge is 2.34. The zero-order valence-corrected chi connectivity index (χ0v) is 29.8. The van der Waals surface area contributed by atoms with Crippen LogP contribution < -0.4 is 15.0 Å². The lowest BCUT2D eigenvalue weighted by atomic mass is 9.90. The first-order valence-corrected chi connectivity index (χ1v) is 17.2. The van der Waals surface area contributed by atoms with E-state index in [0.717, 1.165) is 53.4 Å². The lowest BCUT2D eigenvalue weighted by molar-refractivity contribution is 0.0220. The molecule has 1 unspecified atom stereocenters. The molecule has 2 fully saturated rings. The van der Waals surface area contributed by atoms with Crippen molar-refractivity contribution in [2.75, 3.05) is 38.2 Å². The zero-order chi connectivity index (χ0) is 34.0. The summed E-state index contributed by atoms with van der Waals surface area (Å²) >= 11 is 1.65. The van der Waals surface area contributed by atoms with Crippen LogP contribution in [0.15, 0.2) is 35.5 Å². The Hall–Kier alpha value is -3.74. The number of benzene rings is 1. The normalized spacial score (nSPS) is 18.6. The van der Waals surface area contributed by atoms with Gasteiger partial charge in [0.05, 0.1) is 19.9 Å². The van der Waals surface area contributed by atoms with E-state index in [-0.39, 0.29) is 16.9 Å². The number of alkyl carbamates (subject to hydrolysis) is 1. The summed E-state index contributed by atoms with van der Waals surface area (Å²) in [5.74, 6) is 1.57. The van der Waals surface area contributed by atoms with E-state index in [1.165, 1.54) is 0 Å². The maximum atomic E-state index is 12.8. The van der Waals surface area contributed by atoms with Crippen LogP contribution in [0.5, 0.6) is 5.75 Å². The first kappa shape index (κ1) is 34.6. The van der Waals surface area contributed by atoms with Crippen LogP contribution in [0.3, 0.4) is 0 Å². The van der Waals surface area contributed by atoms with Gasteiger partial charge in [0.25, 0.3) is 0 Å². The second-order valence-electron chi connectivity index (χ2n) is 14.7. The Labute approximate surface area is 281 Å². The molecule has 2 aromatic heterocycles. The molecule has 13 heteroatoms. The molecule has 0 bridgehead atoms. The van der Waals surface area contributed by atoms with Gasteiger partial charge in [0.1, 0.15) is 33.3 Å². The molecule has 12 nitrogen and oxygen atoms in total. The Morgan fingerprint density at radius 1 is 1.02 bits per heavy atom. The van der Waals surface area contributed by atoms with Gasteiger partial charge in [-0.25, -0.2) is 24.2 Å². The highest BCUT2D eigenvalue weighted by atomic mass is 32.2. The fourth-order valence-corrected chi connectivity index (χ4v) is 7.00. The van der Waals surface area contributed by atoms with Crippen LogP contribution in [0.25, 0.3) is 11.2 Å². The SMILES string of the molecule is COc1ccc(Cn2nc(SC3CCCN(C(=O)OC(C)(C)C)C3)c3ncc(N4CCC(C)(NC(=O)OC(C)(C)C)CC4)nc32)cc1. The van der Waals surface area contributed by atoms with Gasteiger partial charge in [-0.15, -0.1) is 0 Å². The van der Waals surface area contributed by atoms with Crippen molar-refractivity contribution in [1.82, 2.24) is 30.0 Å². The van der Waals surface area contributed by atoms with Crippen LogP contribution in [-0.2, 0) is 16.0 Å². The molecule has 0 spiro atoms. The molecule has 2 aliphatic heterocycles. The molecule has 1 atom stereocenters. The monoisotopic (exact) mass is 667 g/mol. The summed E-state index contributed by atoms with van der Waals surface area (Å²) in [4.78, 5) is 39.4. The summed E-state index contributed by atoms with van der Waals surface area (Å²) < 4.78 is 18.4. The lowest BCUT2D eigenvalue weighted by Gasteiger charge is -2.40. The number of ether oxygens (including phenoxy) is 3. The molecule has 1 aromatic carbocycles.